The molecular formula is C20H27NO3. The lowest BCUT2D eigenvalue weighted by Gasteiger charge is -2.39. The quantitative estimate of drug-likeness (QED) is 0.914. The Bertz CT molecular complexity index is 587. The summed E-state index contributed by atoms with van der Waals surface area (Å²) in [6.45, 7) is 2.91. The first-order valence-corrected chi connectivity index (χ1v) is 9.16. The van der Waals surface area contributed by atoms with Crippen LogP contribution in [0.4, 0.5) is 0 Å². The second kappa shape index (κ2) is 7.37. The molecule has 3 rings (SSSR count). The number of hydrogen-bond donors (Lipinski definition) is 1. The Balaban J connectivity index is 1.70. The average Bonchev–Trinajstić information content (AvgIpc) is 2.62. The summed E-state index contributed by atoms with van der Waals surface area (Å²) < 4.78 is 0. The van der Waals surface area contributed by atoms with Crippen LogP contribution in [0.15, 0.2) is 24.3 Å². The van der Waals surface area contributed by atoms with E-state index in [4.69, 9.17) is 5.11 Å². The minimum Gasteiger partial charge on any atom is -0.481 e. The number of carboxylic acids is 1. The first kappa shape index (κ1) is 17.0. The van der Waals surface area contributed by atoms with E-state index in [-0.39, 0.29) is 23.8 Å². The summed E-state index contributed by atoms with van der Waals surface area (Å²) in [5.41, 5.74) is 2.47. The van der Waals surface area contributed by atoms with Crippen LogP contribution in [0, 0.1) is 18.8 Å². The van der Waals surface area contributed by atoms with E-state index in [0.29, 0.717) is 25.7 Å². The minimum absolute atomic E-state index is 0.00616. The molecular weight excluding hydrogens is 302 g/mol. The van der Waals surface area contributed by atoms with Crippen LogP contribution in [0.5, 0.6) is 0 Å². The smallest absolute Gasteiger partial charge is 0.306 e. The number of piperidine rings is 1. The number of carbonyl (C=O) groups is 2. The lowest BCUT2D eigenvalue weighted by molar-refractivity contribution is -0.147. The van der Waals surface area contributed by atoms with Crippen LogP contribution in [-0.4, -0.2) is 28.4 Å². The molecule has 2 aliphatic rings. The third-order valence-corrected chi connectivity index (χ3v) is 5.67. The van der Waals surface area contributed by atoms with Gasteiger partial charge in [-0.15, -0.1) is 0 Å². The molecule has 1 aromatic carbocycles. The van der Waals surface area contributed by atoms with Gasteiger partial charge in [0.05, 0.1) is 12.0 Å². The second-order valence-electron chi connectivity index (χ2n) is 7.34. The summed E-state index contributed by atoms with van der Waals surface area (Å²) in [5, 5.41) is 9.13. The number of aryl methyl sites for hydroxylation is 1. The molecule has 0 radical (unpaired) electrons. The zero-order valence-electron chi connectivity index (χ0n) is 14.4. The number of aliphatic carboxylic acids is 1. The Morgan fingerprint density at radius 2 is 1.58 bits per heavy atom. The zero-order valence-corrected chi connectivity index (χ0v) is 14.4. The molecule has 0 bridgehead atoms. The molecule has 1 heterocycles. The largest absolute Gasteiger partial charge is 0.481 e. The van der Waals surface area contributed by atoms with Gasteiger partial charge < -0.3 is 10.0 Å². The van der Waals surface area contributed by atoms with E-state index >= 15 is 0 Å². The number of benzene rings is 1. The van der Waals surface area contributed by atoms with Crippen molar-refractivity contribution in [2.75, 3.05) is 6.54 Å². The van der Waals surface area contributed by atoms with Crippen LogP contribution in [-0.2, 0) is 9.59 Å². The van der Waals surface area contributed by atoms with Gasteiger partial charge >= 0.3 is 5.97 Å². The number of amides is 1. The van der Waals surface area contributed by atoms with Crippen LogP contribution in [0.2, 0.25) is 0 Å². The average molecular weight is 329 g/mol. The Labute approximate surface area is 143 Å². The molecule has 1 N–H and O–H groups in total. The molecule has 1 aromatic rings. The van der Waals surface area contributed by atoms with Crippen molar-refractivity contribution >= 4 is 11.9 Å². The molecule has 1 atom stereocenters. The summed E-state index contributed by atoms with van der Waals surface area (Å²) in [6.07, 6.45) is 5.95. The first-order chi connectivity index (χ1) is 11.6. The predicted octanol–water partition coefficient (Wildman–Crippen LogP) is 3.94. The Morgan fingerprint density at radius 1 is 0.958 bits per heavy atom. The third-order valence-electron chi connectivity index (χ3n) is 5.67. The van der Waals surface area contributed by atoms with E-state index in [1.54, 1.807) is 0 Å². The molecule has 2 fully saturated rings. The van der Waals surface area contributed by atoms with Gasteiger partial charge in [-0.1, -0.05) is 29.8 Å². The minimum atomic E-state index is -0.712. The number of rotatable bonds is 3. The highest BCUT2D eigenvalue weighted by atomic mass is 16.4. The van der Waals surface area contributed by atoms with E-state index in [1.807, 2.05) is 0 Å². The van der Waals surface area contributed by atoms with Gasteiger partial charge in [0.1, 0.15) is 0 Å². The van der Waals surface area contributed by atoms with Gasteiger partial charge in [0.15, 0.2) is 0 Å². The van der Waals surface area contributed by atoms with Crippen molar-refractivity contribution in [2.24, 2.45) is 11.8 Å². The zero-order chi connectivity index (χ0) is 17.1. The van der Waals surface area contributed by atoms with E-state index < -0.39 is 5.97 Å². The van der Waals surface area contributed by atoms with Gasteiger partial charge in [0.25, 0.3) is 0 Å². The van der Waals surface area contributed by atoms with E-state index in [2.05, 4.69) is 36.1 Å². The van der Waals surface area contributed by atoms with Crippen LogP contribution in [0.25, 0.3) is 0 Å². The number of hydrogen-bond acceptors (Lipinski definition) is 2. The molecule has 130 valence electrons. The van der Waals surface area contributed by atoms with Crippen molar-refractivity contribution in [1.82, 2.24) is 4.90 Å². The summed E-state index contributed by atoms with van der Waals surface area (Å²) in [6, 6.07) is 8.71. The monoisotopic (exact) mass is 329 g/mol. The maximum atomic E-state index is 13.1. The lowest BCUT2D eigenvalue weighted by atomic mass is 9.80. The number of likely N-dealkylation sites (tertiary alicyclic amines) is 1. The summed E-state index contributed by atoms with van der Waals surface area (Å²) >= 11 is 0. The van der Waals surface area contributed by atoms with Crippen molar-refractivity contribution in [2.45, 2.75) is 57.9 Å². The number of nitrogens with zero attached hydrogens (tertiary/aromatic N) is 1. The van der Waals surface area contributed by atoms with E-state index in [0.717, 1.165) is 25.8 Å². The third kappa shape index (κ3) is 3.63. The maximum absolute atomic E-state index is 13.1. The molecule has 1 aliphatic heterocycles. The molecule has 0 aromatic heterocycles. The molecule has 4 heteroatoms. The van der Waals surface area contributed by atoms with Crippen LogP contribution < -0.4 is 0 Å². The fraction of sp³-hybridized carbons (Fsp3) is 0.600. The second-order valence-corrected chi connectivity index (χ2v) is 7.34. The van der Waals surface area contributed by atoms with Gasteiger partial charge in [-0.2, -0.15) is 0 Å². The molecule has 1 aliphatic carbocycles. The summed E-state index contributed by atoms with van der Waals surface area (Å²) in [5.74, 6) is -0.726. The molecule has 1 amide bonds. The topological polar surface area (TPSA) is 57.6 Å². The Kier molecular flexibility index (Phi) is 5.22. The fourth-order valence-corrected chi connectivity index (χ4v) is 4.15. The van der Waals surface area contributed by atoms with Crippen molar-refractivity contribution < 1.29 is 14.7 Å². The molecule has 0 spiro atoms. The van der Waals surface area contributed by atoms with Crippen molar-refractivity contribution in [3.63, 3.8) is 0 Å². The first-order valence-electron chi connectivity index (χ1n) is 9.16. The predicted molar refractivity (Wildman–Crippen MR) is 92.6 cm³/mol. The molecule has 1 unspecified atom stereocenters. The number of carbonyl (C=O) groups excluding carboxylic acids is 1. The van der Waals surface area contributed by atoms with Crippen LogP contribution in [0.3, 0.4) is 0 Å². The molecule has 1 saturated carbocycles. The molecule has 24 heavy (non-hydrogen) atoms. The van der Waals surface area contributed by atoms with Gasteiger partial charge in [-0.25, -0.2) is 0 Å². The van der Waals surface area contributed by atoms with E-state index in [1.165, 1.54) is 11.1 Å². The molecule has 4 nitrogen and oxygen atoms in total. The normalized spacial score (nSPS) is 27.7. The van der Waals surface area contributed by atoms with E-state index in [9.17, 15) is 9.59 Å². The summed E-state index contributed by atoms with van der Waals surface area (Å²) in [7, 11) is 0. The maximum Gasteiger partial charge on any atom is 0.306 e. The van der Waals surface area contributed by atoms with Crippen LogP contribution >= 0.6 is 0 Å². The standard InChI is InChI=1S/C20H27NO3/c1-14-5-7-15(8-6-14)18-4-2-3-13-21(18)19(22)16-9-11-17(12-10-16)20(23)24/h5-8,16-18H,2-4,9-13H2,1H3,(H,23,24). The van der Waals surface area contributed by atoms with Gasteiger partial charge in [0, 0.05) is 12.5 Å². The fourth-order valence-electron chi connectivity index (χ4n) is 4.15. The highest BCUT2D eigenvalue weighted by Gasteiger charge is 2.35. The van der Waals surface area contributed by atoms with Gasteiger partial charge in [0.2, 0.25) is 5.91 Å². The van der Waals surface area contributed by atoms with Crippen molar-refractivity contribution in [3.8, 4) is 0 Å². The van der Waals surface area contributed by atoms with Crippen molar-refractivity contribution in [3.05, 3.63) is 35.4 Å². The summed E-state index contributed by atoms with van der Waals surface area (Å²) in [4.78, 5) is 26.2. The van der Waals surface area contributed by atoms with Gasteiger partial charge in [-0.05, 0) is 57.4 Å². The lowest BCUT2D eigenvalue weighted by Crippen LogP contribution is -2.43. The highest BCUT2D eigenvalue weighted by molar-refractivity contribution is 5.80. The Morgan fingerprint density at radius 3 is 2.21 bits per heavy atom. The molecule has 1 saturated heterocycles. The SMILES string of the molecule is Cc1ccc(C2CCCCN2C(=O)C2CCC(C(=O)O)CC2)cc1. The highest BCUT2D eigenvalue weighted by Crippen LogP contribution is 2.36. The number of carboxylic acid groups (broad SMARTS) is 1. The van der Waals surface area contributed by atoms with Crippen molar-refractivity contribution in [1.29, 1.82) is 0 Å². The van der Waals surface area contributed by atoms with Gasteiger partial charge in [-0.3, -0.25) is 9.59 Å². The Hall–Kier alpha value is -1.84. The van der Waals surface area contributed by atoms with Crippen LogP contribution in [0.1, 0.15) is 62.1 Å².